The molecule has 0 atom stereocenters. The van der Waals surface area contributed by atoms with Gasteiger partial charge in [0.25, 0.3) is 0 Å². The highest BCUT2D eigenvalue weighted by molar-refractivity contribution is 6.31. The number of halogens is 1. The number of nitrogens with two attached hydrogens (primary N) is 1. The van der Waals surface area contributed by atoms with Crippen molar-refractivity contribution >= 4 is 39.2 Å². The number of nitrogen functional groups attached to an aromatic ring is 1. The van der Waals surface area contributed by atoms with Gasteiger partial charge in [-0.2, -0.15) is 5.10 Å². The molecular formula is C22H20ClN7O. The number of hydrogen-bond acceptors (Lipinski definition) is 5. The summed E-state index contributed by atoms with van der Waals surface area (Å²) in [5.74, 6) is 0. The maximum Gasteiger partial charge on any atom is 0.333 e. The minimum atomic E-state index is -0.147. The first kappa shape index (κ1) is 19.3. The lowest BCUT2D eigenvalue weighted by atomic mass is 10.0. The topological polar surface area (TPSA) is 96.5 Å². The number of rotatable bonds is 2. The number of benzene rings is 1. The fraction of sp³-hybridized carbons (Fsp3) is 0.182. The summed E-state index contributed by atoms with van der Waals surface area (Å²) in [7, 11) is 3.63. The van der Waals surface area contributed by atoms with E-state index in [2.05, 4.69) is 15.1 Å². The van der Waals surface area contributed by atoms with Crippen LogP contribution in [0.15, 0.2) is 41.5 Å². The van der Waals surface area contributed by atoms with Crippen LogP contribution in [0.3, 0.4) is 0 Å². The number of nitrogens with zero attached hydrogens (tertiary/aromatic N) is 6. The van der Waals surface area contributed by atoms with Crippen molar-refractivity contribution in [1.29, 1.82) is 0 Å². The quantitative estimate of drug-likeness (QED) is 0.429. The second-order valence-electron chi connectivity index (χ2n) is 7.65. The highest BCUT2D eigenvalue weighted by Gasteiger charge is 2.21. The van der Waals surface area contributed by atoms with Gasteiger partial charge < -0.3 is 5.73 Å². The number of anilines is 1. The average molecular weight is 434 g/mol. The van der Waals surface area contributed by atoms with E-state index in [0.29, 0.717) is 5.69 Å². The molecule has 0 bridgehead atoms. The molecule has 0 saturated carbocycles. The number of aryl methyl sites for hydroxylation is 3. The Labute approximate surface area is 182 Å². The zero-order valence-electron chi connectivity index (χ0n) is 17.5. The Morgan fingerprint density at radius 1 is 1.03 bits per heavy atom. The fourth-order valence-corrected chi connectivity index (χ4v) is 4.20. The standard InChI is InChI=1S/C22H20ClN7O/c1-11-19(12(2)29(4)27-11)30-20-15-7-13(14-8-16(24)21(23)26-9-14)5-6-17(15)25-10-18(20)28(3)22(30)31/h5-10H,24H2,1-4H3. The van der Waals surface area contributed by atoms with E-state index in [0.717, 1.165) is 50.1 Å². The number of aromatic nitrogens is 6. The molecule has 0 aliphatic heterocycles. The molecule has 8 nitrogen and oxygen atoms in total. The van der Waals surface area contributed by atoms with Gasteiger partial charge in [-0.05, 0) is 37.6 Å². The van der Waals surface area contributed by atoms with Gasteiger partial charge in [0.05, 0.1) is 45.5 Å². The van der Waals surface area contributed by atoms with Crippen LogP contribution < -0.4 is 11.4 Å². The smallest absolute Gasteiger partial charge is 0.333 e. The molecule has 2 N–H and O–H groups in total. The highest BCUT2D eigenvalue weighted by Crippen LogP contribution is 2.32. The minimum absolute atomic E-state index is 0.147. The Bertz CT molecular complexity index is 1580. The highest BCUT2D eigenvalue weighted by atomic mass is 35.5. The first-order chi connectivity index (χ1) is 14.8. The van der Waals surface area contributed by atoms with Crippen molar-refractivity contribution in [3.8, 4) is 16.8 Å². The van der Waals surface area contributed by atoms with Gasteiger partial charge in [0.2, 0.25) is 0 Å². The third-order valence-electron chi connectivity index (χ3n) is 5.78. The van der Waals surface area contributed by atoms with Crippen molar-refractivity contribution in [2.45, 2.75) is 13.8 Å². The lowest BCUT2D eigenvalue weighted by molar-refractivity contribution is 0.730. The molecule has 5 rings (SSSR count). The third-order valence-corrected chi connectivity index (χ3v) is 6.09. The van der Waals surface area contributed by atoms with Crippen molar-refractivity contribution < 1.29 is 0 Å². The van der Waals surface area contributed by atoms with Gasteiger partial charge in [-0.3, -0.25) is 18.8 Å². The Hall–Kier alpha value is -3.65. The molecule has 31 heavy (non-hydrogen) atoms. The summed E-state index contributed by atoms with van der Waals surface area (Å²) in [6, 6.07) is 7.68. The molecule has 0 amide bonds. The maximum absolute atomic E-state index is 13.3. The van der Waals surface area contributed by atoms with E-state index in [1.807, 2.05) is 39.1 Å². The van der Waals surface area contributed by atoms with E-state index in [9.17, 15) is 4.79 Å². The lowest BCUT2D eigenvalue weighted by Gasteiger charge is -2.09. The van der Waals surface area contributed by atoms with Gasteiger partial charge in [-0.15, -0.1) is 0 Å². The molecule has 0 unspecified atom stereocenters. The van der Waals surface area contributed by atoms with Crippen molar-refractivity contribution in [3.63, 3.8) is 0 Å². The Balaban J connectivity index is 1.90. The van der Waals surface area contributed by atoms with Crippen LogP contribution in [-0.2, 0) is 14.1 Å². The van der Waals surface area contributed by atoms with Gasteiger partial charge in [0.15, 0.2) is 5.15 Å². The van der Waals surface area contributed by atoms with Crippen LogP contribution in [0.5, 0.6) is 0 Å². The second-order valence-corrected chi connectivity index (χ2v) is 8.01. The second kappa shape index (κ2) is 6.68. The van der Waals surface area contributed by atoms with Crippen molar-refractivity contribution in [1.82, 2.24) is 28.9 Å². The van der Waals surface area contributed by atoms with Crippen LogP contribution in [0, 0.1) is 13.8 Å². The van der Waals surface area contributed by atoms with Crippen molar-refractivity contribution in [3.05, 3.63) is 63.7 Å². The lowest BCUT2D eigenvalue weighted by Crippen LogP contribution is -2.21. The number of pyridine rings is 2. The van der Waals surface area contributed by atoms with Gasteiger partial charge in [-0.1, -0.05) is 17.7 Å². The largest absolute Gasteiger partial charge is 0.396 e. The number of imidazole rings is 1. The molecule has 0 saturated heterocycles. The maximum atomic E-state index is 13.3. The molecule has 0 spiro atoms. The third kappa shape index (κ3) is 2.75. The Kier molecular flexibility index (Phi) is 4.16. The average Bonchev–Trinajstić information content (AvgIpc) is 3.15. The van der Waals surface area contributed by atoms with Crippen LogP contribution in [0.1, 0.15) is 11.4 Å². The van der Waals surface area contributed by atoms with E-state index in [4.69, 9.17) is 17.3 Å². The van der Waals surface area contributed by atoms with E-state index in [1.165, 1.54) is 0 Å². The molecule has 1 aromatic carbocycles. The van der Waals surface area contributed by atoms with Crippen LogP contribution in [0.4, 0.5) is 5.69 Å². The summed E-state index contributed by atoms with van der Waals surface area (Å²) in [4.78, 5) is 22.0. The zero-order chi connectivity index (χ0) is 22.0. The molecular weight excluding hydrogens is 414 g/mol. The van der Waals surface area contributed by atoms with Crippen LogP contribution in [-0.4, -0.2) is 28.9 Å². The monoisotopic (exact) mass is 433 g/mol. The van der Waals surface area contributed by atoms with E-state index < -0.39 is 0 Å². The first-order valence-corrected chi connectivity index (χ1v) is 10.1. The SMILES string of the molecule is Cc1nn(C)c(C)c1-n1c(=O)n(C)c2cnc3ccc(-c4cnc(Cl)c(N)c4)cc3c21. The summed E-state index contributed by atoms with van der Waals surface area (Å²) in [6.07, 6.45) is 3.42. The predicted molar refractivity (Wildman–Crippen MR) is 123 cm³/mol. The van der Waals surface area contributed by atoms with Gasteiger partial charge in [0.1, 0.15) is 0 Å². The molecule has 156 valence electrons. The normalized spacial score (nSPS) is 11.6. The molecule has 0 aliphatic carbocycles. The molecule has 5 aromatic rings. The summed E-state index contributed by atoms with van der Waals surface area (Å²) < 4.78 is 5.13. The number of hydrogen-bond donors (Lipinski definition) is 1. The van der Waals surface area contributed by atoms with Crippen LogP contribution in [0.25, 0.3) is 38.8 Å². The van der Waals surface area contributed by atoms with E-state index >= 15 is 0 Å². The number of fused-ring (bicyclic) bond motifs is 3. The molecule has 0 aliphatic rings. The molecule has 0 radical (unpaired) electrons. The van der Waals surface area contributed by atoms with Crippen LogP contribution >= 0.6 is 11.6 Å². The summed E-state index contributed by atoms with van der Waals surface area (Å²) in [5.41, 5.74) is 12.7. The van der Waals surface area contributed by atoms with Crippen molar-refractivity contribution in [2.75, 3.05) is 5.73 Å². The Morgan fingerprint density at radius 3 is 2.48 bits per heavy atom. The Morgan fingerprint density at radius 2 is 1.81 bits per heavy atom. The van der Waals surface area contributed by atoms with Gasteiger partial charge in [-0.25, -0.2) is 9.78 Å². The van der Waals surface area contributed by atoms with Crippen LogP contribution in [0.2, 0.25) is 5.15 Å². The van der Waals surface area contributed by atoms with E-state index in [1.54, 1.807) is 39.3 Å². The zero-order valence-corrected chi connectivity index (χ0v) is 18.3. The minimum Gasteiger partial charge on any atom is -0.396 e. The molecule has 0 fully saturated rings. The predicted octanol–water partition coefficient (Wildman–Crippen LogP) is 3.53. The van der Waals surface area contributed by atoms with Gasteiger partial charge >= 0.3 is 5.69 Å². The fourth-order valence-electron chi connectivity index (χ4n) is 4.09. The summed E-state index contributed by atoms with van der Waals surface area (Å²) >= 11 is 5.99. The van der Waals surface area contributed by atoms with E-state index in [-0.39, 0.29) is 10.8 Å². The van der Waals surface area contributed by atoms with Gasteiger partial charge in [0, 0.05) is 31.2 Å². The first-order valence-electron chi connectivity index (χ1n) is 9.70. The molecule has 4 aromatic heterocycles. The van der Waals surface area contributed by atoms with Crippen molar-refractivity contribution in [2.24, 2.45) is 14.1 Å². The summed E-state index contributed by atoms with van der Waals surface area (Å²) in [5, 5.41) is 5.63. The molecule has 4 heterocycles. The summed E-state index contributed by atoms with van der Waals surface area (Å²) in [6.45, 7) is 3.86. The molecule has 9 heteroatoms.